The van der Waals surface area contributed by atoms with Crippen LogP contribution in [0, 0.1) is 13.8 Å². The van der Waals surface area contributed by atoms with Crippen LogP contribution in [-0.2, 0) is 0 Å². The van der Waals surface area contributed by atoms with Crippen LogP contribution in [0.5, 0.6) is 0 Å². The molecule has 1 aromatic carbocycles. The Morgan fingerprint density at radius 3 is 2.55 bits per heavy atom. The van der Waals surface area contributed by atoms with Gasteiger partial charge in [-0.25, -0.2) is 9.78 Å². The SMILES string of the molecule is CC.Cc1cc(Cl)nc(C)c1C(=O)NCCC(C)N1CCC(N2C(=O)N(C3=C(N)CCCC=C3)CC2c2ccccc2)CC1. The first-order valence-corrected chi connectivity index (χ1v) is 16.6. The van der Waals surface area contributed by atoms with Gasteiger partial charge in [0.1, 0.15) is 5.15 Å². The molecule has 3 aliphatic rings. The van der Waals surface area contributed by atoms with Crippen LogP contribution in [0.15, 0.2) is 59.9 Å². The molecule has 3 heterocycles. The van der Waals surface area contributed by atoms with Crippen LogP contribution in [0.1, 0.15) is 92.5 Å². The number of nitrogens with two attached hydrogens (primary N) is 1. The lowest BCUT2D eigenvalue weighted by Crippen LogP contribution is -2.49. The number of hydrogen-bond acceptors (Lipinski definition) is 5. The van der Waals surface area contributed by atoms with Gasteiger partial charge in [0.25, 0.3) is 5.91 Å². The lowest BCUT2D eigenvalue weighted by molar-refractivity contribution is 0.0889. The van der Waals surface area contributed by atoms with E-state index in [2.05, 4.69) is 57.4 Å². The highest BCUT2D eigenvalue weighted by molar-refractivity contribution is 6.29. The summed E-state index contributed by atoms with van der Waals surface area (Å²) < 4.78 is 0. The van der Waals surface area contributed by atoms with Gasteiger partial charge in [-0.1, -0.05) is 61.9 Å². The quantitative estimate of drug-likeness (QED) is 0.319. The standard InChI is InChI=1S/C33H43ClN6O2.C2H6/c1-22-20-30(34)37-24(3)31(22)32(41)36-17-14-23(2)38-18-15-26(16-19-38)40-29(25-10-6-4-7-11-25)21-39(33(40)42)28-13-9-5-8-12-27(28)35;1-2/h4,6-7,9-11,13,20,23,26,29H,5,8,12,14-19,21,35H2,1-3H3,(H,36,41);1-2H3. The number of amides is 3. The fraction of sp³-hybridized carbons (Fsp3) is 0.514. The van der Waals surface area contributed by atoms with E-state index in [1.54, 1.807) is 6.07 Å². The summed E-state index contributed by atoms with van der Waals surface area (Å²) in [5.41, 5.74) is 11.4. The normalized spacial score (nSPS) is 20.3. The van der Waals surface area contributed by atoms with Gasteiger partial charge in [0.2, 0.25) is 0 Å². The Morgan fingerprint density at radius 2 is 1.86 bits per heavy atom. The second kappa shape index (κ2) is 15.6. The van der Waals surface area contributed by atoms with E-state index in [-0.39, 0.29) is 24.0 Å². The summed E-state index contributed by atoms with van der Waals surface area (Å²) in [6.45, 7) is 12.9. The number of halogens is 1. The van der Waals surface area contributed by atoms with Crippen molar-refractivity contribution in [3.05, 3.63) is 87.5 Å². The number of allylic oxidation sites excluding steroid dienone is 3. The van der Waals surface area contributed by atoms with Crippen LogP contribution in [0.3, 0.4) is 0 Å². The fourth-order valence-electron chi connectivity index (χ4n) is 6.67. The lowest BCUT2D eigenvalue weighted by Gasteiger charge is -2.41. The van der Waals surface area contributed by atoms with E-state index < -0.39 is 0 Å². The van der Waals surface area contributed by atoms with E-state index in [1.807, 2.05) is 44.7 Å². The number of carbonyl (C=O) groups is 2. The third-order valence-electron chi connectivity index (χ3n) is 9.00. The number of rotatable bonds is 8. The van der Waals surface area contributed by atoms with Gasteiger partial charge in [-0.05, 0) is 82.6 Å². The van der Waals surface area contributed by atoms with Gasteiger partial charge in [0, 0.05) is 37.4 Å². The Morgan fingerprint density at radius 1 is 1.16 bits per heavy atom. The van der Waals surface area contributed by atoms with E-state index in [1.165, 1.54) is 0 Å². The molecule has 238 valence electrons. The molecule has 5 rings (SSSR count). The fourth-order valence-corrected chi connectivity index (χ4v) is 6.96. The van der Waals surface area contributed by atoms with Crippen LogP contribution in [0.4, 0.5) is 4.79 Å². The number of pyridine rings is 1. The first kappa shape index (κ1) is 33.5. The maximum Gasteiger partial charge on any atom is 0.325 e. The molecule has 9 heteroatoms. The van der Waals surface area contributed by atoms with Crippen molar-refractivity contribution in [1.29, 1.82) is 0 Å². The molecular formula is C35H49ClN6O2. The number of urea groups is 1. The Balaban J connectivity index is 0.00000216. The molecule has 2 fully saturated rings. The van der Waals surface area contributed by atoms with E-state index in [0.717, 1.165) is 74.1 Å². The number of carbonyl (C=O) groups excluding carboxylic acids is 2. The topological polar surface area (TPSA) is 94.8 Å². The molecule has 2 aliphatic heterocycles. The van der Waals surface area contributed by atoms with E-state index >= 15 is 0 Å². The highest BCUT2D eigenvalue weighted by Crippen LogP contribution is 2.37. The first-order chi connectivity index (χ1) is 21.2. The zero-order valence-corrected chi connectivity index (χ0v) is 27.7. The van der Waals surface area contributed by atoms with Gasteiger partial charge >= 0.3 is 6.03 Å². The average molecular weight is 621 g/mol. The number of piperidine rings is 1. The van der Waals surface area contributed by atoms with Gasteiger partial charge in [-0.2, -0.15) is 0 Å². The Bertz CT molecular complexity index is 1330. The van der Waals surface area contributed by atoms with Crippen molar-refractivity contribution in [2.45, 2.75) is 91.3 Å². The third-order valence-corrected chi connectivity index (χ3v) is 9.19. The van der Waals surface area contributed by atoms with Crippen molar-refractivity contribution in [3.63, 3.8) is 0 Å². The van der Waals surface area contributed by atoms with Crippen LogP contribution in [0.2, 0.25) is 5.15 Å². The number of benzene rings is 1. The van der Waals surface area contributed by atoms with Crippen molar-refractivity contribution < 1.29 is 9.59 Å². The summed E-state index contributed by atoms with van der Waals surface area (Å²) in [7, 11) is 0. The number of aryl methyl sites for hydroxylation is 2. The summed E-state index contributed by atoms with van der Waals surface area (Å²) in [5, 5.41) is 3.47. The minimum absolute atomic E-state index is 0.00545. The van der Waals surface area contributed by atoms with Gasteiger partial charge in [0.05, 0.1) is 29.5 Å². The minimum atomic E-state index is -0.108. The number of likely N-dealkylation sites (tertiary alicyclic amines) is 1. The zero-order valence-electron chi connectivity index (χ0n) is 27.0. The number of nitrogens with zero attached hydrogens (tertiary/aromatic N) is 4. The van der Waals surface area contributed by atoms with Crippen molar-refractivity contribution >= 4 is 23.5 Å². The van der Waals surface area contributed by atoms with Gasteiger partial charge in [-0.3, -0.25) is 9.69 Å². The summed E-state index contributed by atoms with van der Waals surface area (Å²) in [6.07, 6.45) is 9.67. The molecule has 2 saturated heterocycles. The monoisotopic (exact) mass is 620 g/mol. The minimum Gasteiger partial charge on any atom is -0.400 e. The third kappa shape index (κ3) is 7.64. The Hall–Kier alpha value is -3.36. The second-order valence-corrected chi connectivity index (χ2v) is 12.2. The molecule has 44 heavy (non-hydrogen) atoms. The molecule has 1 aromatic heterocycles. The first-order valence-electron chi connectivity index (χ1n) is 16.2. The molecule has 3 N–H and O–H groups in total. The lowest BCUT2D eigenvalue weighted by atomic mass is 9.98. The maximum absolute atomic E-state index is 14.0. The molecule has 1 aliphatic carbocycles. The van der Waals surface area contributed by atoms with Crippen LogP contribution < -0.4 is 11.1 Å². The second-order valence-electron chi connectivity index (χ2n) is 11.8. The summed E-state index contributed by atoms with van der Waals surface area (Å²) in [4.78, 5) is 37.6. The zero-order chi connectivity index (χ0) is 31.8. The predicted octanol–water partition coefficient (Wildman–Crippen LogP) is 6.74. The van der Waals surface area contributed by atoms with Crippen LogP contribution in [-0.4, -0.2) is 69.9 Å². The van der Waals surface area contributed by atoms with E-state index in [0.29, 0.717) is 35.5 Å². The molecule has 0 spiro atoms. The molecule has 0 bridgehead atoms. The molecule has 3 amide bonds. The molecule has 0 saturated carbocycles. The number of nitrogens with one attached hydrogen (secondary N) is 1. The molecule has 8 nitrogen and oxygen atoms in total. The maximum atomic E-state index is 14.0. The average Bonchev–Trinajstić information content (AvgIpc) is 3.21. The number of aromatic nitrogens is 1. The van der Waals surface area contributed by atoms with Crippen LogP contribution >= 0.6 is 11.6 Å². The van der Waals surface area contributed by atoms with Crippen molar-refractivity contribution in [1.82, 2.24) is 25.0 Å². The predicted molar refractivity (Wildman–Crippen MR) is 178 cm³/mol. The van der Waals surface area contributed by atoms with Crippen molar-refractivity contribution in [2.75, 3.05) is 26.2 Å². The van der Waals surface area contributed by atoms with Gasteiger partial charge < -0.3 is 20.9 Å². The highest BCUT2D eigenvalue weighted by atomic mass is 35.5. The summed E-state index contributed by atoms with van der Waals surface area (Å²) in [5.74, 6) is -0.108. The van der Waals surface area contributed by atoms with Crippen LogP contribution in [0.25, 0.3) is 0 Å². The Labute approximate surface area is 268 Å². The van der Waals surface area contributed by atoms with Crippen molar-refractivity contribution in [3.8, 4) is 0 Å². The summed E-state index contributed by atoms with van der Waals surface area (Å²) in [6, 6.07) is 12.6. The molecule has 2 aromatic rings. The molecule has 2 atom stereocenters. The number of hydrogen-bond donors (Lipinski definition) is 2. The molecule has 2 unspecified atom stereocenters. The smallest absolute Gasteiger partial charge is 0.325 e. The molecular weight excluding hydrogens is 572 g/mol. The van der Waals surface area contributed by atoms with E-state index in [4.69, 9.17) is 17.3 Å². The van der Waals surface area contributed by atoms with Crippen molar-refractivity contribution in [2.24, 2.45) is 5.73 Å². The van der Waals surface area contributed by atoms with E-state index in [9.17, 15) is 9.59 Å². The molecule has 0 radical (unpaired) electrons. The Kier molecular flexibility index (Phi) is 11.9. The van der Waals surface area contributed by atoms with Gasteiger partial charge in [0.15, 0.2) is 0 Å². The summed E-state index contributed by atoms with van der Waals surface area (Å²) >= 11 is 6.03. The highest BCUT2D eigenvalue weighted by Gasteiger charge is 2.44. The van der Waals surface area contributed by atoms with Gasteiger partial charge in [-0.15, -0.1) is 0 Å². The largest absolute Gasteiger partial charge is 0.400 e.